The summed E-state index contributed by atoms with van der Waals surface area (Å²) in [7, 11) is -3.60. The number of aromatic nitrogens is 1. The zero-order valence-corrected chi connectivity index (χ0v) is 13.0. The third-order valence-electron chi connectivity index (χ3n) is 2.53. The van der Waals surface area contributed by atoms with E-state index in [0.717, 1.165) is 0 Å². The molecule has 112 valence electrons. The number of aromatic carboxylic acids is 1. The van der Waals surface area contributed by atoms with Crippen LogP contribution in [0, 0.1) is 0 Å². The van der Waals surface area contributed by atoms with Crippen molar-refractivity contribution in [2.45, 2.75) is 11.3 Å². The minimum atomic E-state index is -3.60. The maximum Gasteiger partial charge on any atom is 0.355 e. The van der Waals surface area contributed by atoms with E-state index in [9.17, 15) is 13.2 Å². The van der Waals surface area contributed by atoms with E-state index in [1.807, 2.05) is 0 Å². The van der Waals surface area contributed by atoms with Crippen LogP contribution in [0.25, 0.3) is 0 Å². The highest BCUT2D eigenvalue weighted by Gasteiger charge is 2.14. The quantitative estimate of drug-likeness (QED) is 0.834. The number of nitrogens with one attached hydrogen (secondary N) is 1. The van der Waals surface area contributed by atoms with Gasteiger partial charge in [0.05, 0.1) is 9.90 Å². The number of nitrogens with zero attached hydrogens (tertiary/aromatic N) is 1. The molecule has 6 nitrogen and oxygen atoms in total. The molecule has 0 aliphatic carbocycles. The topological polar surface area (TPSA) is 96.4 Å². The Labute approximate surface area is 130 Å². The average molecular weight is 347 g/mol. The second-order valence-corrected chi connectivity index (χ2v) is 7.18. The summed E-state index contributed by atoms with van der Waals surface area (Å²) < 4.78 is 26.4. The number of hydrogen-bond donors (Lipinski definition) is 2. The van der Waals surface area contributed by atoms with Crippen LogP contribution in [-0.2, 0) is 16.4 Å². The minimum absolute atomic E-state index is 0.0319. The molecule has 0 spiro atoms. The first kappa shape index (κ1) is 15.9. The molecule has 0 aliphatic rings. The van der Waals surface area contributed by atoms with E-state index in [1.54, 1.807) is 0 Å². The molecule has 1 aromatic carbocycles. The maximum absolute atomic E-state index is 12.0. The molecule has 1 aromatic heterocycles. The lowest BCUT2D eigenvalue weighted by Gasteiger charge is -2.05. The molecular formula is C12H11ClN2O4S2. The van der Waals surface area contributed by atoms with E-state index in [1.165, 1.54) is 41.0 Å². The molecule has 0 saturated heterocycles. The molecule has 2 N–H and O–H groups in total. The first-order valence-corrected chi connectivity index (χ1v) is 8.55. The average Bonchev–Trinajstić information content (AvgIpc) is 2.88. The molecule has 9 heteroatoms. The van der Waals surface area contributed by atoms with Crippen molar-refractivity contribution in [1.82, 2.24) is 9.71 Å². The molecule has 0 aliphatic heterocycles. The van der Waals surface area contributed by atoms with Crippen molar-refractivity contribution in [2.75, 3.05) is 6.54 Å². The summed E-state index contributed by atoms with van der Waals surface area (Å²) in [6.07, 6.45) is 0.324. The number of carboxylic acids is 1. The van der Waals surface area contributed by atoms with E-state index in [4.69, 9.17) is 16.7 Å². The Morgan fingerprint density at radius 3 is 2.57 bits per heavy atom. The van der Waals surface area contributed by atoms with Crippen molar-refractivity contribution in [3.8, 4) is 0 Å². The smallest absolute Gasteiger partial charge is 0.355 e. The molecule has 0 amide bonds. The third-order valence-corrected chi connectivity index (χ3v) is 5.16. The van der Waals surface area contributed by atoms with Gasteiger partial charge in [-0.3, -0.25) is 0 Å². The molecule has 2 aromatic rings. The molecule has 21 heavy (non-hydrogen) atoms. The van der Waals surface area contributed by atoms with Gasteiger partial charge < -0.3 is 5.11 Å². The summed E-state index contributed by atoms with van der Waals surface area (Å²) in [6.45, 7) is 0.136. The first-order chi connectivity index (χ1) is 9.88. The number of rotatable bonds is 6. The summed E-state index contributed by atoms with van der Waals surface area (Å²) in [5.41, 5.74) is -0.0319. The fraction of sp³-hybridized carbons (Fsp3) is 0.167. The molecule has 1 heterocycles. The Bertz CT molecular complexity index is 741. The van der Waals surface area contributed by atoms with E-state index in [-0.39, 0.29) is 17.1 Å². The Balaban J connectivity index is 1.95. The zero-order chi connectivity index (χ0) is 15.5. The molecule has 0 bridgehead atoms. The summed E-state index contributed by atoms with van der Waals surface area (Å²) >= 11 is 6.89. The fourth-order valence-corrected chi connectivity index (χ4v) is 3.44. The van der Waals surface area contributed by atoms with Crippen LogP contribution in [0.1, 0.15) is 15.5 Å². The molecule has 0 unspecified atom stereocenters. The number of thiazole rings is 1. The largest absolute Gasteiger partial charge is 0.476 e. The molecular weight excluding hydrogens is 336 g/mol. The van der Waals surface area contributed by atoms with Gasteiger partial charge in [0.1, 0.15) is 0 Å². The zero-order valence-electron chi connectivity index (χ0n) is 10.6. The van der Waals surface area contributed by atoms with Gasteiger partial charge in [0.2, 0.25) is 10.0 Å². The number of carbonyl (C=O) groups is 1. The number of halogens is 1. The highest BCUT2D eigenvalue weighted by Crippen LogP contribution is 2.14. The Morgan fingerprint density at radius 2 is 2.00 bits per heavy atom. The first-order valence-electron chi connectivity index (χ1n) is 5.81. The van der Waals surface area contributed by atoms with Gasteiger partial charge in [-0.1, -0.05) is 11.6 Å². The second kappa shape index (κ2) is 6.52. The molecule has 2 rings (SSSR count). The van der Waals surface area contributed by atoms with Gasteiger partial charge in [0.15, 0.2) is 5.69 Å². The van der Waals surface area contributed by atoms with Crippen molar-refractivity contribution in [3.63, 3.8) is 0 Å². The SMILES string of the molecule is O=C(O)c1csc(CCNS(=O)(=O)c2ccc(Cl)cc2)n1. The normalized spacial score (nSPS) is 11.5. The number of carboxylic acid groups (broad SMARTS) is 1. The van der Waals surface area contributed by atoms with Crippen molar-refractivity contribution in [1.29, 1.82) is 0 Å². The highest BCUT2D eigenvalue weighted by molar-refractivity contribution is 7.89. The van der Waals surface area contributed by atoms with Gasteiger partial charge in [-0.25, -0.2) is 22.9 Å². The van der Waals surface area contributed by atoms with Crippen molar-refractivity contribution < 1.29 is 18.3 Å². The van der Waals surface area contributed by atoms with Gasteiger partial charge in [-0.05, 0) is 24.3 Å². The predicted octanol–water partition coefficient (Wildman–Crippen LogP) is 2.02. The van der Waals surface area contributed by atoms with Crippen molar-refractivity contribution in [2.24, 2.45) is 0 Å². The van der Waals surface area contributed by atoms with Crippen LogP contribution in [-0.4, -0.2) is 31.0 Å². The summed E-state index contributed by atoms with van der Waals surface area (Å²) in [6, 6.07) is 5.82. The van der Waals surface area contributed by atoms with E-state index in [2.05, 4.69) is 9.71 Å². The molecule has 0 radical (unpaired) electrons. The number of sulfonamides is 1. The van der Waals surface area contributed by atoms with Gasteiger partial charge in [0, 0.05) is 23.4 Å². The van der Waals surface area contributed by atoms with Crippen LogP contribution in [0.4, 0.5) is 0 Å². The maximum atomic E-state index is 12.0. The lowest BCUT2D eigenvalue weighted by atomic mass is 10.4. The number of benzene rings is 1. The summed E-state index contributed by atoms with van der Waals surface area (Å²) in [4.78, 5) is 14.7. The van der Waals surface area contributed by atoms with E-state index < -0.39 is 16.0 Å². The molecule has 0 saturated carbocycles. The van der Waals surface area contributed by atoms with Crippen molar-refractivity contribution >= 4 is 38.9 Å². The standard InChI is InChI=1S/C12H11ClN2O4S2/c13-8-1-3-9(4-2-8)21(18,19)14-6-5-11-15-10(7-20-11)12(16)17/h1-4,7,14H,5-6H2,(H,16,17). The summed E-state index contributed by atoms with van der Waals surface area (Å²) in [5.74, 6) is -1.10. The van der Waals surface area contributed by atoms with Gasteiger partial charge in [0.25, 0.3) is 0 Å². The van der Waals surface area contributed by atoms with Gasteiger partial charge >= 0.3 is 5.97 Å². The van der Waals surface area contributed by atoms with E-state index in [0.29, 0.717) is 16.5 Å². The van der Waals surface area contributed by atoms with E-state index >= 15 is 0 Å². The Morgan fingerprint density at radius 1 is 1.33 bits per heavy atom. The molecule has 0 atom stereocenters. The highest BCUT2D eigenvalue weighted by atomic mass is 35.5. The number of hydrogen-bond acceptors (Lipinski definition) is 5. The third kappa shape index (κ3) is 4.24. The Kier molecular flexibility index (Phi) is 4.94. The summed E-state index contributed by atoms with van der Waals surface area (Å²) in [5, 5.41) is 11.2. The Hall–Kier alpha value is -1.48. The van der Waals surface area contributed by atoms with Crippen molar-refractivity contribution in [3.05, 3.63) is 45.4 Å². The van der Waals surface area contributed by atoms with Gasteiger partial charge in [-0.15, -0.1) is 11.3 Å². The van der Waals surface area contributed by atoms with Crippen LogP contribution < -0.4 is 4.72 Å². The van der Waals surface area contributed by atoms with Crippen LogP contribution in [0.15, 0.2) is 34.5 Å². The van der Waals surface area contributed by atoms with Crippen LogP contribution in [0.3, 0.4) is 0 Å². The van der Waals surface area contributed by atoms with Gasteiger partial charge in [-0.2, -0.15) is 0 Å². The van der Waals surface area contributed by atoms with Crippen LogP contribution in [0.2, 0.25) is 5.02 Å². The molecule has 0 fully saturated rings. The second-order valence-electron chi connectivity index (χ2n) is 4.03. The predicted molar refractivity (Wildman–Crippen MR) is 79.4 cm³/mol. The lowest BCUT2D eigenvalue weighted by Crippen LogP contribution is -2.25. The fourth-order valence-electron chi connectivity index (χ4n) is 1.51. The lowest BCUT2D eigenvalue weighted by molar-refractivity contribution is 0.0691. The monoisotopic (exact) mass is 346 g/mol. The minimum Gasteiger partial charge on any atom is -0.476 e. The van der Waals surface area contributed by atoms with Crippen LogP contribution >= 0.6 is 22.9 Å². The van der Waals surface area contributed by atoms with Crippen LogP contribution in [0.5, 0.6) is 0 Å².